The van der Waals surface area contributed by atoms with E-state index in [4.69, 9.17) is 0 Å². The molecule has 1 atom stereocenters. The summed E-state index contributed by atoms with van der Waals surface area (Å²) >= 11 is 3.48. The SMILES string of the molecule is Cc1cc(Br)c2nc(C)c(C(=O)N3CCCC(C(=O)O)C3)n2c1. The third kappa shape index (κ3) is 2.85. The van der Waals surface area contributed by atoms with E-state index in [0.29, 0.717) is 36.4 Å². The van der Waals surface area contributed by atoms with E-state index >= 15 is 0 Å². The standard InChI is InChI=1S/C16H18BrN3O3/c1-9-6-12(17)14-18-10(2)13(20(14)7-9)15(21)19-5-3-4-11(8-19)16(22)23/h6-7,11H,3-5,8H2,1-2H3,(H,22,23). The zero-order valence-corrected chi connectivity index (χ0v) is 14.6. The van der Waals surface area contributed by atoms with Gasteiger partial charge in [0.15, 0.2) is 5.65 Å². The highest BCUT2D eigenvalue weighted by Gasteiger charge is 2.31. The molecule has 3 rings (SSSR count). The smallest absolute Gasteiger partial charge is 0.308 e. The highest BCUT2D eigenvalue weighted by Crippen LogP contribution is 2.25. The second-order valence-corrected chi connectivity index (χ2v) is 6.89. The molecule has 1 N–H and O–H groups in total. The molecular weight excluding hydrogens is 362 g/mol. The van der Waals surface area contributed by atoms with Crippen LogP contribution < -0.4 is 0 Å². The third-order valence-corrected chi connectivity index (χ3v) is 4.83. The summed E-state index contributed by atoms with van der Waals surface area (Å²) < 4.78 is 2.63. The second-order valence-electron chi connectivity index (χ2n) is 6.03. The first-order chi connectivity index (χ1) is 10.9. The summed E-state index contributed by atoms with van der Waals surface area (Å²) in [5.41, 5.74) is 2.87. The Morgan fingerprint density at radius 1 is 1.39 bits per heavy atom. The van der Waals surface area contributed by atoms with Gasteiger partial charge in [-0.1, -0.05) is 0 Å². The number of amides is 1. The maximum Gasteiger partial charge on any atom is 0.308 e. The van der Waals surface area contributed by atoms with Gasteiger partial charge in [0.1, 0.15) is 5.69 Å². The fourth-order valence-electron chi connectivity index (χ4n) is 3.12. The summed E-state index contributed by atoms with van der Waals surface area (Å²) in [7, 11) is 0. The molecule has 1 aliphatic heterocycles. The maximum atomic E-state index is 12.9. The minimum atomic E-state index is -0.837. The van der Waals surface area contributed by atoms with Crippen LogP contribution in [0.25, 0.3) is 5.65 Å². The number of piperidine rings is 1. The summed E-state index contributed by atoms with van der Waals surface area (Å²) in [6, 6.07) is 1.96. The number of aryl methyl sites for hydroxylation is 2. The molecule has 3 heterocycles. The minimum absolute atomic E-state index is 0.154. The average molecular weight is 380 g/mol. The van der Waals surface area contributed by atoms with E-state index in [2.05, 4.69) is 20.9 Å². The number of hydrogen-bond donors (Lipinski definition) is 1. The van der Waals surface area contributed by atoms with Crippen LogP contribution in [0.3, 0.4) is 0 Å². The van der Waals surface area contributed by atoms with Crippen molar-refractivity contribution in [1.82, 2.24) is 14.3 Å². The van der Waals surface area contributed by atoms with Gasteiger partial charge in [-0.05, 0) is 54.2 Å². The Hall–Kier alpha value is -1.89. The number of aliphatic carboxylic acids is 1. The third-order valence-electron chi connectivity index (χ3n) is 4.25. The first-order valence-electron chi connectivity index (χ1n) is 7.55. The van der Waals surface area contributed by atoms with Crippen LogP contribution in [0.2, 0.25) is 0 Å². The maximum absolute atomic E-state index is 12.9. The van der Waals surface area contributed by atoms with Crippen LogP contribution >= 0.6 is 15.9 Å². The molecule has 0 spiro atoms. The number of pyridine rings is 1. The van der Waals surface area contributed by atoms with Crippen LogP contribution in [0.15, 0.2) is 16.7 Å². The van der Waals surface area contributed by atoms with Gasteiger partial charge in [-0.25, -0.2) is 4.98 Å². The molecule has 0 radical (unpaired) electrons. The summed E-state index contributed by atoms with van der Waals surface area (Å²) in [6.07, 6.45) is 3.21. The highest BCUT2D eigenvalue weighted by molar-refractivity contribution is 9.10. The van der Waals surface area contributed by atoms with E-state index in [1.165, 1.54) is 0 Å². The van der Waals surface area contributed by atoms with Crippen molar-refractivity contribution in [2.75, 3.05) is 13.1 Å². The van der Waals surface area contributed by atoms with E-state index in [0.717, 1.165) is 10.0 Å². The lowest BCUT2D eigenvalue weighted by atomic mass is 9.98. The molecule has 0 saturated carbocycles. The van der Waals surface area contributed by atoms with E-state index in [1.807, 2.05) is 19.2 Å². The van der Waals surface area contributed by atoms with Crippen LogP contribution in [0.5, 0.6) is 0 Å². The quantitative estimate of drug-likeness (QED) is 0.869. The molecule has 0 aliphatic carbocycles. The predicted octanol–water partition coefficient (Wildman–Crippen LogP) is 2.65. The second kappa shape index (κ2) is 5.96. The van der Waals surface area contributed by atoms with Crippen molar-refractivity contribution in [2.24, 2.45) is 5.92 Å². The van der Waals surface area contributed by atoms with E-state index in [9.17, 15) is 14.7 Å². The van der Waals surface area contributed by atoms with E-state index < -0.39 is 11.9 Å². The zero-order chi connectivity index (χ0) is 16.7. The number of nitrogens with zero attached hydrogens (tertiary/aromatic N) is 3. The topological polar surface area (TPSA) is 74.9 Å². The highest BCUT2D eigenvalue weighted by atomic mass is 79.9. The molecule has 1 saturated heterocycles. The fraction of sp³-hybridized carbons (Fsp3) is 0.438. The summed E-state index contributed by atoms with van der Waals surface area (Å²) in [5.74, 6) is -1.48. The minimum Gasteiger partial charge on any atom is -0.481 e. The van der Waals surface area contributed by atoms with E-state index in [1.54, 1.807) is 16.2 Å². The van der Waals surface area contributed by atoms with Gasteiger partial charge in [0.05, 0.1) is 16.1 Å². The molecule has 1 unspecified atom stereocenters. The van der Waals surface area contributed by atoms with Crippen molar-refractivity contribution in [3.8, 4) is 0 Å². The van der Waals surface area contributed by atoms with Gasteiger partial charge in [-0.15, -0.1) is 0 Å². The van der Waals surface area contributed by atoms with Gasteiger partial charge in [0.2, 0.25) is 0 Å². The number of carbonyl (C=O) groups is 2. The Morgan fingerprint density at radius 3 is 2.83 bits per heavy atom. The summed E-state index contributed by atoms with van der Waals surface area (Å²) in [5, 5.41) is 9.21. The Bertz CT molecular complexity index is 799. The Labute approximate surface area is 142 Å². The van der Waals surface area contributed by atoms with Crippen LogP contribution in [-0.4, -0.2) is 44.4 Å². The zero-order valence-electron chi connectivity index (χ0n) is 13.0. The van der Waals surface area contributed by atoms with Gasteiger partial charge in [0, 0.05) is 19.3 Å². The average Bonchev–Trinajstić information content (AvgIpc) is 2.83. The molecule has 23 heavy (non-hydrogen) atoms. The van der Waals surface area contributed by atoms with Crippen LogP contribution in [-0.2, 0) is 4.79 Å². The summed E-state index contributed by atoms with van der Waals surface area (Å²) in [6.45, 7) is 4.60. The largest absolute Gasteiger partial charge is 0.481 e. The lowest BCUT2D eigenvalue weighted by Crippen LogP contribution is -2.42. The number of aromatic nitrogens is 2. The van der Waals surface area contributed by atoms with Crippen LogP contribution in [0, 0.1) is 19.8 Å². The Balaban J connectivity index is 2.01. The molecule has 7 heteroatoms. The fourth-order valence-corrected chi connectivity index (χ4v) is 3.76. The number of hydrogen-bond acceptors (Lipinski definition) is 3. The molecule has 6 nitrogen and oxygen atoms in total. The number of carbonyl (C=O) groups excluding carboxylic acids is 1. The number of rotatable bonds is 2. The van der Waals surface area contributed by atoms with Crippen molar-refractivity contribution in [3.63, 3.8) is 0 Å². The summed E-state index contributed by atoms with van der Waals surface area (Å²) in [4.78, 5) is 30.3. The normalized spacial score (nSPS) is 18.4. The van der Waals surface area contributed by atoms with Crippen molar-refractivity contribution in [2.45, 2.75) is 26.7 Å². The molecule has 0 bridgehead atoms. The monoisotopic (exact) mass is 379 g/mol. The predicted molar refractivity (Wildman–Crippen MR) is 88.6 cm³/mol. The number of carboxylic acids is 1. The van der Waals surface area contributed by atoms with Crippen molar-refractivity contribution < 1.29 is 14.7 Å². The Kier molecular flexibility index (Phi) is 4.14. The van der Waals surface area contributed by atoms with Gasteiger partial charge in [-0.2, -0.15) is 0 Å². The first kappa shape index (κ1) is 16.0. The van der Waals surface area contributed by atoms with E-state index in [-0.39, 0.29) is 12.5 Å². The van der Waals surface area contributed by atoms with Gasteiger partial charge < -0.3 is 10.0 Å². The number of likely N-dealkylation sites (tertiary alicyclic amines) is 1. The molecule has 1 fully saturated rings. The van der Waals surface area contributed by atoms with Gasteiger partial charge in [0.25, 0.3) is 5.91 Å². The molecule has 122 valence electrons. The first-order valence-corrected chi connectivity index (χ1v) is 8.34. The molecule has 1 aliphatic rings. The number of fused-ring (bicyclic) bond motifs is 1. The van der Waals surface area contributed by atoms with Gasteiger partial charge >= 0.3 is 5.97 Å². The van der Waals surface area contributed by atoms with Gasteiger partial charge in [-0.3, -0.25) is 14.0 Å². The molecule has 1 amide bonds. The lowest BCUT2D eigenvalue weighted by molar-refractivity contribution is -0.143. The molecule has 2 aromatic heterocycles. The van der Waals surface area contributed by atoms with Crippen molar-refractivity contribution in [1.29, 1.82) is 0 Å². The number of halogens is 1. The Morgan fingerprint density at radius 2 is 2.13 bits per heavy atom. The number of imidazole rings is 1. The molecule has 2 aromatic rings. The van der Waals surface area contributed by atoms with Crippen molar-refractivity contribution >= 4 is 33.5 Å². The van der Waals surface area contributed by atoms with Crippen LogP contribution in [0.1, 0.15) is 34.6 Å². The van der Waals surface area contributed by atoms with Crippen LogP contribution in [0.4, 0.5) is 0 Å². The van der Waals surface area contributed by atoms with Crippen molar-refractivity contribution in [3.05, 3.63) is 33.7 Å². The lowest BCUT2D eigenvalue weighted by Gasteiger charge is -2.30. The molecular formula is C16H18BrN3O3. The number of carboxylic acid groups (broad SMARTS) is 1. The molecule has 0 aromatic carbocycles.